The van der Waals surface area contributed by atoms with Gasteiger partial charge in [0.15, 0.2) is 6.17 Å². The van der Waals surface area contributed by atoms with Gasteiger partial charge in [-0.15, -0.1) is 0 Å². The summed E-state index contributed by atoms with van der Waals surface area (Å²) in [7, 11) is 0. The zero-order valence-electron chi connectivity index (χ0n) is 13.6. The molecule has 24 heavy (non-hydrogen) atoms. The number of aromatic nitrogens is 1. The molecule has 1 aromatic heterocycles. The van der Waals surface area contributed by atoms with Crippen molar-refractivity contribution in [1.29, 1.82) is 0 Å². The maximum Gasteiger partial charge on any atom is 0.315 e. The highest BCUT2D eigenvalue weighted by Gasteiger charge is 2.48. The van der Waals surface area contributed by atoms with Crippen LogP contribution >= 0.6 is 0 Å². The van der Waals surface area contributed by atoms with Crippen molar-refractivity contribution in [3.05, 3.63) is 23.9 Å². The average molecular weight is 343 g/mol. The van der Waals surface area contributed by atoms with E-state index in [0.29, 0.717) is 12.0 Å². The molecule has 1 atom stereocenters. The fourth-order valence-electron chi connectivity index (χ4n) is 3.45. The first kappa shape index (κ1) is 16.9. The quantitative estimate of drug-likeness (QED) is 0.798. The van der Waals surface area contributed by atoms with Gasteiger partial charge in [-0.1, -0.05) is 6.42 Å². The van der Waals surface area contributed by atoms with Crippen molar-refractivity contribution in [3.8, 4) is 5.88 Å². The van der Waals surface area contributed by atoms with Crippen LogP contribution < -0.4 is 15.4 Å². The molecule has 2 amide bonds. The predicted molar refractivity (Wildman–Crippen MR) is 89.5 cm³/mol. The third kappa shape index (κ3) is 4.13. The van der Waals surface area contributed by atoms with Gasteiger partial charge in [0.25, 0.3) is 0 Å². The minimum atomic E-state index is -1.65. The SMILES string of the molecule is O=C(NCc1ccnc(OCC(F)CF)c1)NC1CC2(CCC2)C1.[HH].[HH]. The average Bonchev–Trinajstić information content (AvgIpc) is 2.52. The fraction of sp³-hybridized carbons (Fsp3) is 0.647. The molecular formula is C17H27F2N3O2. The van der Waals surface area contributed by atoms with Crippen LogP contribution in [-0.4, -0.2) is 36.5 Å². The van der Waals surface area contributed by atoms with Crippen molar-refractivity contribution in [2.75, 3.05) is 13.3 Å². The summed E-state index contributed by atoms with van der Waals surface area (Å²) in [6, 6.07) is 3.44. The Labute approximate surface area is 143 Å². The molecule has 0 radical (unpaired) electrons. The maximum atomic E-state index is 12.8. The molecule has 3 rings (SSSR count). The van der Waals surface area contributed by atoms with Crippen LogP contribution in [-0.2, 0) is 6.54 Å². The van der Waals surface area contributed by atoms with Gasteiger partial charge in [-0.2, -0.15) is 0 Å². The smallest absolute Gasteiger partial charge is 0.315 e. The summed E-state index contributed by atoms with van der Waals surface area (Å²) in [6.07, 6.45) is 5.96. The van der Waals surface area contributed by atoms with Crippen LogP contribution in [0.15, 0.2) is 18.3 Å². The molecule has 2 aliphatic carbocycles. The molecule has 2 aliphatic rings. The highest BCUT2D eigenvalue weighted by Crippen LogP contribution is 2.55. The summed E-state index contributed by atoms with van der Waals surface area (Å²) < 4.78 is 30.0. The van der Waals surface area contributed by atoms with E-state index in [4.69, 9.17) is 4.74 Å². The molecule has 1 aromatic rings. The molecule has 1 spiro atoms. The summed E-state index contributed by atoms with van der Waals surface area (Å²) in [4.78, 5) is 15.9. The number of hydrogen-bond donors (Lipinski definition) is 2. The lowest BCUT2D eigenvalue weighted by Gasteiger charge is -2.54. The van der Waals surface area contributed by atoms with Crippen LogP contribution in [0.4, 0.5) is 13.6 Å². The Morgan fingerprint density at radius 2 is 2.29 bits per heavy atom. The third-order valence-corrected chi connectivity index (χ3v) is 4.94. The van der Waals surface area contributed by atoms with Gasteiger partial charge in [0.05, 0.1) is 0 Å². The highest BCUT2D eigenvalue weighted by atomic mass is 19.2. The minimum Gasteiger partial charge on any atom is -0.474 e. The first-order valence-corrected chi connectivity index (χ1v) is 8.41. The van der Waals surface area contributed by atoms with Crippen molar-refractivity contribution in [3.63, 3.8) is 0 Å². The fourth-order valence-corrected chi connectivity index (χ4v) is 3.45. The standard InChI is InChI=1S/C17H23F2N3O2.2H2/c18-9-13(19)11-24-15-6-12(2-5-20-15)10-21-16(23)22-14-7-17(8-14)3-1-4-17;;/h2,5-6,13-14H,1,3-4,7-11H2,(H2,21,22,23);2*1H. The Morgan fingerprint density at radius 1 is 1.50 bits per heavy atom. The second kappa shape index (κ2) is 7.32. The number of halogens is 2. The van der Waals surface area contributed by atoms with E-state index in [1.807, 2.05) is 0 Å². The molecule has 0 aliphatic heterocycles. The number of urea groups is 1. The lowest BCUT2D eigenvalue weighted by atomic mass is 9.54. The van der Waals surface area contributed by atoms with Crippen molar-refractivity contribution in [1.82, 2.24) is 15.6 Å². The number of carbonyl (C=O) groups is 1. The van der Waals surface area contributed by atoms with Gasteiger partial charge in [0.2, 0.25) is 5.88 Å². The van der Waals surface area contributed by atoms with Crippen LogP contribution in [0.5, 0.6) is 5.88 Å². The summed E-state index contributed by atoms with van der Waals surface area (Å²) >= 11 is 0. The molecule has 0 bridgehead atoms. The van der Waals surface area contributed by atoms with Crippen LogP contribution in [0.2, 0.25) is 0 Å². The molecular weight excluding hydrogens is 316 g/mol. The molecule has 0 aromatic carbocycles. The monoisotopic (exact) mass is 343 g/mol. The van der Waals surface area contributed by atoms with Crippen molar-refractivity contribution in [2.24, 2.45) is 5.41 Å². The van der Waals surface area contributed by atoms with Gasteiger partial charge >= 0.3 is 6.03 Å². The maximum absolute atomic E-state index is 12.8. The summed E-state index contributed by atoms with van der Waals surface area (Å²) in [5.74, 6) is 0.219. The van der Waals surface area contributed by atoms with Crippen LogP contribution in [0.1, 0.15) is 40.5 Å². The normalized spacial score (nSPS) is 19.9. The molecule has 136 valence electrons. The topological polar surface area (TPSA) is 63.2 Å². The first-order chi connectivity index (χ1) is 11.6. The van der Waals surface area contributed by atoms with E-state index in [9.17, 15) is 13.6 Å². The summed E-state index contributed by atoms with van der Waals surface area (Å²) in [5.41, 5.74) is 1.32. The van der Waals surface area contributed by atoms with E-state index < -0.39 is 12.8 Å². The second-order valence-electron chi connectivity index (χ2n) is 6.85. The first-order valence-electron chi connectivity index (χ1n) is 8.41. The molecule has 2 fully saturated rings. The molecule has 5 nitrogen and oxygen atoms in total. The number of alkyl halides is 2. The number of nitrogens with zero attached hydrogens (tertiary/aromatic N) is 1. The van der Waals surface area contributed by atoms with Crippen molar-refractivity contribution < 1.29 is 21.2 Å². The van der Waals surface area contributed by atoms with E-state index in [1.165, 1.54) is 25.5 Å². The zero-order valence-corrected chi connectivity index (χ0v) is 13.6. The molecule has 1 heterocycles. The highest BCUT2D eigenvalue weighted by molar-refractivity contribution is 5.74. The van der Waals surface area contributed by atoms with Gasteiger partial charge in [-0.25, -0.2) is 18.6 Å². The van der Waals surface area contributed by atoms with Crippen LogP contribution in [0.3, 0.4) is 0 Å². The zero-order chi connectivity index (χ0) is 17.0. The van der Waals surface area contributed by atoms with Gasteiger partial charge in [0, 0.05) is 27.7 Å². The molecule has 0 saturated heterocycles. The van der Waals surface area contributed by atoms with Crippen LogP contribution in [0.25, 0.3) is 0 Å². The van der Waals surface area contributed by atoms with Gasteiger partial charge in [-0.3, -0.25) is 0 Å². The van der Waals surface area contributed by atoms with E-state index in [1.54, 1.807) is 12.1 Å². The lowest BCUT2D eigenvalue weighted by Crippen LogP contribution is -2.55. The molecule has 7 heteroatoms. The Kier molecular flexibility index (Phi) is 5.16. The Balaban J connectivity index is 0.00000169. The molecule has 2 saturated carbocycles. The van der Waals surface area contributed by atoms with E-state index in [-0.39, 0.29) is 27.4 Å². The number of pyridine rings is 1. The number of hydrogen-bond acceptors (Lipinski definition) is 3. The van der Waals surface area contributed by atoms with E-state index in [2.05, 4.69) is 15.6 Å². The molecule has 1 unspecified atom stereocenters. The number of amides is 2. The largest absolute Gasteiger partial charge is 0.474 e. The summed E-state index contributed by atoms with van der Waals surface area (Å²) in [5, 5.41) is 5.78. The number of carbonyl (C=O) groups excluding carboxylic acids is 1. The predicted octanol–water partition coefficient (Wildman–Crippen LogP) is 3.39. The van der Waals surface area contributed by atoms with E-state index in [0.717, 1.165) is 18.4 Å². The molecule has 2 N–H and O–H groups in total. The summed E-state index contributed by atoms with van der Waals surface area (Å²) in [6.45, 7) is -1.13. The van der Waals surface area contributed by atoms with Crippen molar-refractivity contribution >= 4 is 6.03 Å². The van der Waals surface area contributed by atoms with Crippen molar-refractivity contribution in [2.45, 2.75) is 50.9 Å². The van der Waals surface area contributed by atoms with Gasteiger partial charge in [-0.05, 0) is 42.7 Å². The Bertz CT molecular complexity index is 583. The Hall–Kier alpha value is -1.92. The Morgan fingerprint density at radius 3 is 2.96 bits per heavy atom. The van der Waals surface area contributed by atoms with Crippen LogP contribution in [0, 0.1) is 5.41 Å². The number of ether oxygens (including phenoxy) is 1. The van der Waals surface area contributed by atoms with Gasteiger partial charge < -0.3 is 15.4 Å². The van der Waals surface area contributed by atoms with Gasteiger partial charge in [0.1, 0.15) is 13.3 Å². The van der Waals surface area contributed by atoms with E-state index >= 15 is 0 Å². The number of nitrogens with one attached hydrogen (secondary N) is 2. The minimum absolute atomic E-state index is 0. The lowest BCUT2D eigenvalue weighted by molar-refractivity contribution is 0.00225. The second-order valence-corrected chi connectivity index (χ2v) is 6.85. The third-order valence-electron chi connectivity index (χ3n) is 4.94. The number of rotatable bonds is 7.